The van der Waals surface area contributed by atoms with Crippen molar-refractivity contribution in [1.29, 1.82) is 0 Å². The Bertz CT molecular complexity index is 1650. The summed E-state index contributed by atoms with van der Waals surface area (Å²) in [6, 6.07) is 27.3. The van der Waals surface area contributed by atoms with Gasteiger partial charge in [-0.05, 0) is 95.1 Å². The molecule has 0 aromatic heterocycles. The van der Waals surface area contributed by atoms with Crippen LogP contribution in [0.5, 0.6) is 23.0 Å². The summed E-state index contributed by atoms with van der Waals surface area (Å²) in [5, 5.41) is 8.51. The molecule has 49 heavy (non-hydrogen) atoms. The van der Waals surface area contributed by atoms with Crippen molar-refractivity contribution >= 4 is 21.6 Å². The molecule has 13 heteroatoms. The highest BCUT2D eigenvalue weighted by atomic mass is 32.2. The molecule has 0 aliphatic heterocycles. The molecule has 260 valence electrons. The third-order valence-electron chi connectivity index (χ3n) is 7.68. The Morgan fingerprint density at radius 1 is 0.510 bits per heavy atom. The molecule has 0 saturated heterocycles. The first-order valence-corrected chi connectivity index (χ1v) is 16.8. The molecule has 2 atom stereocenters. The zero-order valence-electron chi connectivity index (χ0n) is 28.4. The maximum atomic E-state index is 14.1. The lowest BCUT2D eigenvalue weighted by molar-refractivity contribution is 0.212. The predicted octanol–water partition coefficient (Wildman–Crippen LogP) is 5.81. The topological polar surface area (TPSA) is 138 Å². The van der Waals surface area contributed by atoms with Crippen LogP contribution in [0.2, 0.25) is 0 Å². The summed E-state index contributed by atoms with van der Waals surface area (Å²) in [5.41, 5.74) is 3.89. The Labute approximate surface area is 287 Å². The molecule has 4 aromatic carbocycles. The minimum absolute atomic E-state index is 0.156. The summed E-state index contributed by atoms with van der Waals surface area (Å²) in [4.78, 5) is 10.4. The number of nitrogens with one attached hydrogen (secondary N) is 2. The van der Waals surface area contributed by atoms with Gasteiger partial charge in [0.05, 0.1) is 51.9 Å². The van der Waals surface area contributed by atoms with Crippen LogP contribution in [0, 0.1) is 0 Å². The molecule has 0 radical (unpaired) electrons. The number of nitrogens with zero attached hydrogens (tertiary/aromatic N) is 2. The van der Waals surface area contributed by atoms with Crippen LogP contribution in [0.4, 0.5) is 0 Å². The van der Waals surface area contributed by atoms with Crippen molar-refractivity contribution in [3.05, 3.63) is 119 Å². The quantitative estimate of drug-likeness (QED) is 0.0986. The highest BCUT2D eigenvalue weighted by molar-refractivity contribution is 7.87. The van der Waals surface area contributed by atoms with Crippen LogP contribution in [0.25, 0.3) is 0 Å². The van der Waals surface area contributed by atoms with Crippen molar-refractivity contribution in [3.8, 4) is 23.0 Å². The van der Waals surface area contributed by atoms with Crippen LogP contribution >= 0.6 is 0 Å². The summed E-state index contributed by atoms with van der Waals surface area (Å²) in [5.74, 6) is 2.61. The van der Waals surface area contributed by atoms with Crippen molar-refractivity contribution < 1.29 is 37.0 Å². The molecule has 2 N–H and O–H groups in total. The van der Waals surface area contributed by atoms with Crippen LogP contribution in [-0.4, -0.2) is 62.5 Å². The Kier molecular flexibility index (Phi) is 13.4. The highest BCUT2D eigenvalue weighted by Gasteiger charge is 2.27. The SMILES string of the molecule is CO/N=C(\CC(NS(=O)(=O)NC(C/C(=N\OC)c1ccc(OC)cc1)c1ccc(OC)cc1)c1ccc(OC)cc1)c1ccc(OC)cc1. The smallest absolute Gasteiger partial charge is 0.278 e. The third kappa shape index (κ3) is 10.4. The Morgan fingerprint density at radius 3 is 1.06 bits per heavy atom. The molecule has 4 rings (SSSR count). The largest absolute Gasteiger partial charge is 0.497 e. The molecule has 12 nitrogen and oxygen atoms in total. The van der Waals surface area contributed by atoms with E-state index in [2.05, 4.69) is 19.8 Å². The van der Waals surface area contributed by atoms with Gasteiger partial charge in [-0.1, -0.05) is 34.6 Å². The lowest BCUT2D eigenvalue weighted by atomic mass is 9.98. The van der Waals surface area contributed by atoms with Gasteiger partial charge >= 0.3 is 0 Å². The molecule has 0 aliphatic rings. The van der Waals surface area contributed by atoms with E-state index in [1.165, 1.54) is 14.2 Å². The normalized spacial score (nSPS) is 13.3. The monoisotopic (exact) mass is 690 g/mol. The molecule has 0 fully saturated rings. The molecule has 2 unspecified atom stereocenters. The summed E-state index contributed by atoms with van der Waals surface area (Å²) < 4.78 is 55.2. The highest BCUT2D eigenvalue weighted by Crippen LogP contribution is 2.27. The molecular formula is C36H42N4O8S. The van der Waals surface area contributed by atoms with Crippen molar-refractivity contribution in [2.45, 2.75) is 24.9 Å². The molecule has 0 bridgehead atoms. The molecule has 0 saturated carbocycles. The van der Waals surface area contributed by atoms with Gasteiger partial charge in [0.15, 0.2) is 0 Å². The van der Waals surface area contributed by atoms with Gasteiger partial charge in [0, 0.05) is 12.8 Å². The van der Waals surface area contributed by atoms with Crippen LogP contribution in [0.15, 0.2) is 107 Å². The number of benzene rings is 4. The average Bonchev–Trinajstić information content (AvgIpc) is 3.13. The van der Waals surface area contributed by atoms with Gasteiger partial charge in [0.1, 0.15) is 37.2 Å². The molecule has 0 aliphatic carbocycles. The lowest BCUT2D eigenvalue weighted by Crippen LogP contribution is -2.42. The second-order valence-electron chi connectivity index (χ2n) is 10.7. The van der Waals surface area contributed by atoms with E-state index in [1.54, 1.807) is 101 Å². The van der Waals surface area contributed by atoms with Crippen molar-refractivity contribution in [1.82, 2.24) is 9.44 Å². The Hall–Kier alpha value is -5.11. The standard InChI is InChI=1S/C36H42N4O8S/c1-43-29-15-7-25(8-16-29)33(37-47-5)23-35(27-11-19-31(45-3)20-12-27)39-49(41,42)40-36(28-13-21-32(46-4)22-14-28)24-34(38-48-6)26-9-17-30(44-2)18-10-26/h7-22,35-36,39-40H,23-24H2,1-6H3/b37-33+,38-34+. The van der Waals surface area contributed by atoms with Gasteiger partial charge in [-0.3, -0.25) is 0 Å². The van der Waals surface area contributed by atoms with Crippen LogP contribution in [-0.2, 0) is 19.9 Å². The summed E-state index contributed by atoms with van der Waals surface area (Å²) in [6.45, 7) is 0. The third-order valence-corrected chi connectivity index (χ3v) is 8.87. The minimum atomic E-state index is -4.21. The molecule has 0 heterocycles. The first kappa shape index (κ1) is 36.7. The van der Waals surface area contributed by atoms with E-state index in [0.29, 0.717) is 45.5 Å². The van der Waals surface area contributed by atoms with E-state index in [9.17, 15) is 8.42 Å². The fraction of sp³-hybridized carbons (Fsp3) is 0.278. The van der Waals surface area contributed by atoms with E-state index in [-0.39, 0.29) is 12.8 Å². The first-order valence-electron chi connectivity index (χ1n) is 15.3. The molecule has 0 spiro atoms. The van der Waals surface area contributed by atoms with E-state index in [0.717, 1.165) is 11.1 Å². The number of methoxy groups -OCH3 is 4. The van der Waals surface area contributed by atoms with Gasteiger partial charge < -0.3 is 28.6 Å². The number of rotatable bonds is 18. The minimum Gasteiger partial charge on any atom is -0.497 e. The van der Waals surface area contributed by atoms with Gasteiger partial charge in [-0.2, -0.15) is 17.9 Å². The van der Waals surface area contributed by atoms with Gasteiger partial charge in [-0.25, -0.2) is 0 Å². The molecule has 0 amide bonds. The number of hydrogen-bond donors (Lipinski definition) is 2. The maximum Gasteiger partial charge on any atom is 0.278 e. The van der Waals surface area contributed by atoms with E-state index < -0.39 is 22.3 Å². The number of ether oxygens (including phenoxy) is 4. The van der Waals surface area contributed by atoms with E-state index in [4.69, 9.17) is 28.6 Å². The lowest BCUT2D eigenvalue weighted by Gasteiger charge is -2.24. The average molecular weight is 691 g/mol. The first-order chi connectivity index (χ1) is 23.7. The second-order valence-corrected chi connectivity index (χ2v) is 12.2. The van der Waals surface area contributed by atoms with Crippen LogP contribution < -0.4 is 28.4 Å². The molecule has 4 aromatic rings. The number of oxime groups is 2. The summed E-state index contributed by atoms with van der Waals surface area (Å²) in [6.07, 6.45) is 0.311. The predicted molar refractivity (Wildman–Crippen MR) is 189 cm³/mol. The number of hydrogen-bond acceptors (Lipinski definition) is 10. The summed E-state index contributed by atoms with van der Waals surface area (Å²) >= 11 is 0. The zero-order valence-corrected chi connectivity index (χ0v) is 29.2. The Balaban J connectivity index is 1.70. The maximum absolute atomic E-state index is 14.1. The van der Waals surface area contributed by atoms with Crippen molar-refractivity contribution in [2.24, 2.45) is 10.3 Å². The van der Waals surface area contributed by atoms with Gasteiger partial charge in [-0.15, -0.1) is 0 Å². The van der Waals surface area contributed by atoms with Gasteiger partial charge in [0.2, 0.25) is 0 Å². The van der Waals surface area contributed by atoms with Crippen molar-refractivity contribution in [2.75, 3.05) is 42.7 Å². The van der Waals surface area contributed by atoms with Crippen molar-refractivity contribution in [3.63, 3.8) is 0 Å². The van der Waals surface area contributed by atoms with Crippen LogP contribution in [0.1, 0.15) is 47.2 Å². The fourth-order valence-corrected chi connectivity index (χ4v) is 6.38. The van der Waals surface area contributed by atoms with Crippen LogP contribution in [0.3, 0.4) is 0 Å². The molecular weight excluding hydrogens is 648 g/mol. The Morgan fingerprint density at radius 2 is 0.796 bits per heavy atom. The van der Waals surface area contributed by atoms with E-state index in [1.807, 2.05) is 24.3 Å². The second kappa shape index (κ2) is 17.9. The van der Waals surface area contributed by atoms with Gasteiger partial charge in [0.25, 0.3) is 10.2 Å². The van der Waals surface area contributed by atoms with E-state index >= 15 is 0 Å². The zero-order chi connectivity index (χ0) is 35.2. The fourth-order valence-electron chi connectivity index (χ4n) is 5.13. The summed E-state index contributed by atoms with van der Waals surface area (Å²) in [7, 11) is 4.98.